The van der Waals surface area contributed by atoms with Crippen molar-refractivity contribution in [2.45, 2.75) is 44.4 Å². The number of benzene rings is 2. The van der Waals surface area contributed by atoms with Crippen molar-refractivity contribution in [2.75, 3.05) is 5.75 Å². The molecule has 8 heteroatoms. The molecule has 1 saturated heterocycles. The molecule has 4 aromatic rings. The number of carbonyl (C=O) groups excluding carboxylic acids is 2. The van der Waals surface area contributed by atoms with Crippen molar-refractivity contribution in [3.63, 3.8) is 0 Å². The Kier molecular flexibility index (Phi) is 6.93. The summed E-state index contributed by atoms with van der Waals surface area (Å²) < 4.78 is 11.8. The van der Waals surface area contributed by atoms with Gasteiger partial charge in [0.25, 0.3) is 0 Å². The minimum Gasteiger partial charge on any atom is -0.487 e. The highest BCUT2D eigenvalue weighted by Crippen LogP contribution is 2.43. The smallest absolute Gasteiger partial charge is 0.412 e. The number of carbonyl (C=O) groups is 2. The van der Waals surface area contributed by atoms with Gasteiger partial charge in [-0.2, -0.15) is 0 Å². The number of Topliss-reactive ketones (excluding diaryl/α,β-unsaturated/α-hetero) is 1. The molecule has 2 aromatic carbocycles. The van der Waals surface area contributed by atoms with Crippen LogP contribution < -0.4 is 4.74 Å². The van der Waals surface area contributed by atoms with E-state index in [-0.39, 0.29) is 11.2 Å². The summed E-state index contributed by atoms with van der Waals surface area (Å²) in [5.41, 5.74) is 2.48. The van der Waals surface area contributed by atoms with Gasteiger partial charge in [0.2, 0.25) is 0 Å². The van der Waals surface area contributed by atoms with Crippen LogP contribution in [0.15, 0.2) is 79.3 Å². The van der Waals surface area contributed by atoms with Crippen molar-refractivity contribution in [1.29, 1.82) is 0 Å². The maximum Gasteiger partial charge on any atom is 0.412 e. The number of H-pyrrole nitrogens is 1. The van der Waals surface area contributed by atoms with Crippen molar-refractivity contribution in [3.05, 3.63) is 95.9 Å². The zero-order valence-electron chi connectivity index (χ0n) is 21.0. The molecule has 1 aliphatic heterocycles. The second-order valence-electron chi connectivity index (χ2n) is 9.90. The third-order valence-electron chi connectivity index (χ3n) is 6.06. The Morgan fingerprint density at radius 3 is 2.62 bits per heavy atom. The van der Waals surface area contributed by atoms with E-state index < -0.39 is 17.7 Å². The van der Waals surface area contributed by atoms with Gasteiger partial charge >= 0.3 is 6.09 Å². The second-order valence-corrected chi connectivity index (χ2v) is 11.0. The standard InChI is InChI=1S/C29H29N3O4S/c1-29(2,3)36-28(34)32-23(18-37-27(32)20-11-8-14-30-15-20)26(33)22-16-31-25-21(22)12-7-13-24(25)35-17-19-9-5-4-6-10-19/h4-16,23,27,31H,17-18H2,1-3H3/t23-,27?/m0/s1. The SMILES string of the molecule is CC(C)(C)OC(=O)N1C(c2cccnc2)SC[C@H]1C(=O)c1c[nH]c2c(OCc3ccccc3)cccc12. The first-order chi connectivity index (χ1) is 17.8. The molecule has 5 rings (SSSR count). The molecule has 0 bridgehead atoms. The highest BCUT2D eigenvalue weighted by Gasteiger charge is 2.45. The molecule has 2 atom stereocenters. The van der Waals surface area contributed by atoms with Crippen molar-refractivity contribution < 1.29 is 19.1 Å². The average Bonchev–Trinajstić information content (AvgIpc) is 3.53. The van der Waals surface area contributed by atoms with E-state index in [4.69, 9.17) is 9.47 Å². The van der Waals surface area contributed by atoms with Gasteiger partial charge in [0.1, 0.15) is 29.4 Å². The van der Waals surface area contributed by atoms with Crippen LogP contribution in [0.3, 0.4) is 0 Å². The van der Waals surface area contributed by atoms with Gasteiger partial charge in [0, 0.05) is 40.9 Å². The number of aromatic nitrogens is 2. The van der Waals surface area contributed by atoms with Gasteiger partial charge in [-0.15, -0.1) is 11.8 Å². The number of pyridine rings is 1. The summed E-state index contributed by atoms with van der Waals surface area (Å²) in [6, 6.07) is 18.6. The Labute approximate surface area is 220 Å². The molecule has 190 valence electrons. The molecule has 1 fully saturated rings. The van der Waals surface area contributed by atoms with Crippen LogP contribution in [0.25, 0.3) is 10.9 Å². The summed E-state index contributed by atoms with van der Waals surface area (Å²) in [6.07, 6.45) is 4.60. The molecule has 1 amide bonds. The van der Waals surface area contributed by atoms with Crippen LogP contribution in [0.5, 0.6) is 5.75 Å². The molecule has 3 heterocycles. The number of thioether (sulfide) groups is 1. The van der Waals surface area contributed by atoms with Crippen molar-refractivity contribution in [3.8, 4) is 5.75 Å². The van der Waals surface area contributed by atoms with E-state index in [1.165, 1.54) is 11.8 Å². The Balaban J connectivity index is 1.44. The first-order valence-corrected chi connectivity index (χ1v) is 13.2. The van der Waals surface area contributed by atoms with Crippen LogP contribution in [0.2, 0.25) is 0 Å². The van der Waals surface area contributed by atoms with E-state index in [2.05, 4.69) is 9.97 Å². The molecule has 0 radical (unpaired) electrons. The van der Waals surface area contributed by atoms with Crippen molar-refractivity contribution >= 4 is 34.5 Å². The molecule has 2 aromatic heterocycles. The molecule has 37 heavy (non-hydrogen) atoms. The highest BCUT2D eigenvalue weighted by molar-refractivity contribution is 7.99. The van der Waals surface area contributed by atoms with Crippen molar-refractivity contribution in [1.82, 2.24) is 14.9 Å². The number of fused-ring (bicyclic) bond motifs is 1. The van der Waals surface area contributed by atoms with Gasteiger partial charge in [-0.3, -0.25) is 14.7 Å². The van der Waals surface area contributed by atoms with Crippen molar-refractivity contribution in [2.24, 2.45) is 0 Å². The zero-order chi connectivity index (χ0) is 26.0. The van der Waals surface area contributed by atoms with Crippen LogP contribution in [0.4, 0.5) is 4.79 Å². The largest absolute Gasteiger partial charge is 0.487 e. The number of amides is 1. The molecular weight excluding hydrogens is 486 g/mol. The number of nitrogens with zero attached hydrogens (tertiary/aromatic N) is 2. The van der Waals surface area contributed by atoms with Gasteiger partial charge in [-0.1, -0.05) is 48.5 Å². The lowest BCUT2D eigenvalue weighted by Gasteiger charge is -2.31. The van der Waals surface area contributed by atoms with E-state index in [1.807, 2.05) is 81.4 Å². The fraction of sp³-hybridized carbons (Fsp3) is 0.276. The summed E-state index contributed by atoms with van der Waals surface area (Å²) in [7, 11) is 0. The lowest BCUT2D eigenvalue weighted by molar-refractivity contribution is 0.0173. The Morgan fingerprint density at radius 2 is 1.89 bits per heavy atom. The number of aromatic amines is 1. The predicted octanol–water partition coefficient (Wildman–Crippen LogP) is 6.38. The number of hydrogen-bond donors (Lipinski definition) is 1. The zero-order valence-corrected chi connectivity index (χ0v) is 21.8. The molecule has 7 nitrogen and oxygen atoms in total. The third-order valence-corrected chi connectivity index (χ3v) is 7.38. The maximum atomic E-state index is 13.9. The van der Waals surface area contributed by atoms with E-state index in [9.17, 15) is 9.59 Å². The number of nitrogens with one attached hydrogen (secondary N) is 1. The molecular formula is C29H29N3O4S. The fourth-order valence-electron chi connectivity index (χ4n) is 4.39. The number of ether oxygens (including phenoxy) is 2. The first-order valence-electron chi connectivity index (χ1n) is 12.2. The minimum atomic E-state index is -0.691. The monoisotopic (exact) mass is 515 g/mol. The molecule has 1 N–H and O–H groups in total. The fourth-order valence-corrected chi connectivity index (χ4v) is 5.79. The van der Waals surface area contributed by atoms with E-state index in [1.54, 1.807) is 23.5 Å². The summed E-state index contributed by atoms with van der Waals surface area (Å²) >= 11 is 1.54. The summed E-state index contributed by atoms with van der Waals surface area (Å²) in [5, 5.41) is 0.391. The van der Waals surface area contributed by atoms with Crippen LogP contribution in [-0.4, -0.2) is 44.1 Å². The first kappa shape index (κ1) is 24.9. The number of ketones is 1. The van der Waals surface area contributed by atoms with Gasteiger partial charge in [0.05, 0.1) is 5.52 Å². The van der Waals surface area contributed by atoms with Crippen LogP contribution >= 0.6 is 11.8 Å². The lowest BCUT2D eigenvalue weighted by atomic mass is 10.0. The molecule has 0 aliphatic carbocycles. The number of para-hydroxylation sites is 1. The quantitative estimate of drug-likeness (QED) is 0.300. The average molecular weight is 516 g/mol. The predicted molar refractivity (Wildman–Crippen MR) is 145 cm³/mol. The molecule has 1 aliphatic rings. The molecule has 0 spiro atoms. The summed E-state index contributed by atoms with van der Waals surface area (Å²) in [5.74, 6) is 0.976. The van der Waals surface area contributed by atoms with Crippen LogP contribution in [-0.2, 0) is 11.3 Å². The third kappa shape index (κ3) is 5.34. The second kappa shape index (κ2) is 10.3. The number of hydrogen-bond acceptors (Lipinski definition) is 6. The van der Waals surface area contributed by atoms with E-state index >= 15 is 0 Å². The molecule has 0 saturated carbocycles. The van der Waals surface area contributed by atoms with Crippen LogP contribution in [0, 0.1) is 0 Å². The van der Waals surface area contributed by atoms with Crippen LogP contribution in [0.1, 0.15) is 47.6 Å². The van der Waals surface area contributed by atoms with Gasteiger partial charge in [0.15, 0.2) is 5.78 Å². The Hall–Kier alpha value is -3.78. The number of rotatable bonds is 6. The summed E-state index contributed by atoms with van der Waals surface area (Å²) in [6.45, 7) is 5.88. The maximum absolute atomic E-state index is 13.9. The van der Waals surface area contributed by atoms with Gasteiger partial charge < -0.3 is 14.5 Å². The normalized spacial score (nSPS) is 17.6. The Bertz CT molecular complexity index is 1400. The van der Waals surface area contributed by atoms with E-state index in [0.717, 1.165) is 22.0 Å². The minimum absolute atomic E-state index is 0.142. The Morgan fingerprint density at radius 1 is 1.08 bits per heavy atom. The highest BCUT2D eigenvalue weighted by atomic mass is 32.2. The summed E-state index contributed by atoms with van der Waals surface area (Å²) in [4.78, 5) is 36.3. The topological polar surface area (TPSA) is 84.5 Å². The lowest BCUT2D eigenvalue weighted by Crippen LogP contribution is -2.45. The van der Waals surface area contributed by atoms with Gasteiger partial charge in [-0.25, -0.2) is 4.79 Å². The molecule has 1 unspecified atom stereocenters. The van der Waals surface area contributed by atoms with E-state index in [0.29, 0.717) is 23.7 Å². The van der Waals surface area contributed by atoms with Gasteiger partial charge in [-0.05, 0) is 38.5 Å².